The van der Waals surface area contributed by atoms with Gasteiger partial charge in [-0.1, -0.05) is 36.4 Å². The average molecular weight is 384 g/mol. The molecule has 1 amide bonds. The minimum absolute atomic E-state index is 0. The Bertz CT molecular complexity index is 677. The van der Waals surface area contributed by atoms with Crippen LogP contribution in [-0.4, -0.2) is 23.9 Å². The Morgan fingerprint density at radius 3 is 2.20 bits per heavy atom. The minimum atomic E-state index is -0.143. The first-order valence-corrected chi connectivity index (χ1v) is 7.88. The summed E-state index contributed by atoms with van der Waals surface area (Å²) in [7, 11) is 2.10. The molecule has 0 aliphatic rings. The normalized spacial score (nSPS) is 10.1. The maximum absolute atomic E-state index is 12.3. The summed E-state index contributed by atoms with van der Waals surface area (Å²) < 4.78 is 0. The summed E-state index contributed by atoms with van der Waals surface area (Å²) in [5, 5.41) is 2.96. The molecule has 6 heteroatoms. The van der Waals surface area contributed by atoms with E-state index in [0.717, 1.165) is 12.1 Å². The summed E-state index contributed by atoms with van der Waals surface area (Å²) in [6, 6.07) is 15.8. The molecule has 0 saturated carbocycles. The maximum atomic E-state index is 12.3. The second kappa shape index (κ2) is 11.0. The molecule has 0 aromatic heterocycles. The highest BCUT2D eigenvalue weighted by Gasteiger charge is 2.11. The van der Waals surface area contributed by atoms with Crippen molar-refractivity contribution in [2.24, 2.45) is 0 Å². The van der Waals surface area contributed by atoms with Crippen LogP contribution in [0.5, 0.6) is 0 Å². The number of benzene rings is 2. The third-order valence-corrected chi connectivity index (χ3v) is 4.06. The number of anilines is 1. The van der Waals surface area contributed by atoms with Gasteiger partial charge in [0.1, 0.15) is 0 Å². The van der Waals surface area contributed by atoms with Gasteiger partial charge in [-0.25, -0.2) is 0 Å². The third kappa shape index (κ3) is 6.58. The molecule has 2 aromatic carbocycles. The molecule has 3 N–H and O–H groups in total. The summed E-state index contributed by atoms with van der Waals surface area (Å²) in [6.07, 6.45) is 0. The lowest BCUT2D eigenvalue weighted by Crippen LogP contribution is -2.28. The number of hydrogen-bond acceptors (Lipinski definition) is 3. The molecule has 25 heavy (non-hydrogen) atoms. The molecular formula is C19H27Cl2N3O. The van der Waals surface area contributed by atoms with E-state index in [1.165, 1.54) is 5.56 Å². The molecule has 0 aliphatic carbocycles. The van der Waals surface area contributed by atoms with Crippen molar-refractivity contribution in [3.63, 3.8) is 0 Å². The van der Waals surface area contributed by atoms with Crippen LogP contribution in [0.25, 0.3) is 0 Å². The molecule has 138 valence electrons. The van der Waals surface area contributed by atoms with Gasteiger partial charge in [0.05, 0.1) is 5.56 Å². The predicted molar refractivity (Wildman–Crippen MR) is 110 cm³/mol. The van der Waals surface area contributed by atoms with Crippen molar-refractivity contribution >= 4 is 36.4 Å². The van der Waals surface area contributed by atoms with E-state index >= 15 is 0 Å². The van der Waals surface area contributed by atoms with E-state index in [2.05, 4.69) is 43.2 Å². The van der Waals surface area contributed by atoms with E-state index in [1.54, 1.807) is 12.1 Å². The van der Waals surface area contributed by atoms with Crippen molar-refractivity contribution in [3.05, 3.63) is 65.2 Å². The zero-order valence-corrected chi connectivity index (χ0v) is 16.5. The first-order valence-electron chi connectivity index (χ1n) is 7.88. The van der Waals surface area contributed by atoms with Gasteiger partial charge in [0.25, 0.3) is 5.91 Å². The van der Waals surface area contributed by atoms with E-state index in [4.69, 9.17) is 5.73 Å². The molecule has 4 nitrogen and oxygen atoms in total. The maximum Gasteiger partial charge on any atom is 0.253 e. The smallest absolute Gasteiger partial charge is 0.253 e. The number of carbonyl (C=O) groups excluding carboxylic acids is 1. The van der Waals surface area contributed by atoms with Crippen molar-refractivity contribution in [2.75, 3.05) is 12.8 Å². The molecule has 0 aliphatic heterocycles. The Morgan fingerprint density at radius 1 is 1.04 bits per heavy atom. The van der Waals surface area contributed by atoms with Crippen LogP contribution in [0.15, 0.2) is 48.5 Å². The Labute approximate surface area is 162 Å². The quantitative estimate of drug-likeness (QED) is 0.743. The Morgan fingerprint density at radius 2 is 1.60 bits per heavy atom. The number of nitrogens with zero attached hydrogens (tertiary/aromatic N) is 1. The van der Waals surface area contributed by atoms with Gasteiger partial charge in [0.15, 0.2) is 0 Å². The number of nitrogens with one attached hydrogen (secondary N) is 1. The molecule has 0 heterocycles. The molecule has 2 aromatic rings. The van der Waals surface area contributed by atoms with Gasteiger partial charge in [-0.05, 0) is 44.2 Å². The predicted octanol–water partition coefficient (Wildman–Crippen LogP) is 3.88. The highest BCUT2D eigenvalue weighted by molar-refractivity contribution is 5.99. The van der Waals surface area contributed by atoms with Crippen molar-refractivity contribution in [2.45, 2.75) is 33.0 Å². The summed E-state index contributed by atoms with van der Waals surface area (Å²) >= 11 is 0. The Kier molecular flexibility index (Phi) is 10.2. The molecular weight excluding hydrogens is 357 g/mol. The second-order valence-electron chi connectivity index (χ2n) is 6.05. The van der Waals surface area contributed by atoms with Gasteiger partial charge in [-0.3, -0.25) is 9.69 Å². The standard InChI is InChI=1S/C19H25N3O.2ClH/c1-14(2)22(3)13-16-9-5-4-8-15(16)12-21-19(23)17-10-6-7-11-18(17)20;;/h4-11,14H,12-13,20H2,1-3H3,(H,21,23);2*1H. The van der Waals surface area contributed by atoms with Gasteiger partial charge in [0, 0.05) is 24.8 Å². The largest absolute Gasteiger partial charge is 0.398 e. The molecule has 0 atom stereocenters. The fraction of sp³-hybridized carbons (Fsp3) is 0.316. The lowest BCUT2D eigenvalue weighted by molar-refractivity contribution is 0.0951. The van der Waals surface area contributed by atoms with Crippen molar-refractivity contribution in [3.8, 4) is 0 Å². The van der Waals surface area contributed by atoms with Gasteiger partial charge >= 0.3 is 0 Å². The van der Waals surface area contributed by atoms with E-state index in [0.29, 0.717) is 23.8 Å². The lowest BCUT2D eigenvalue weighted by Gasteiger charge is -2.22. The van der Waals surface area contributed by atoms with Crippen LogP contribution in [0.3, 0.4) is 0 Å². The van der Waals surface area contributed by atoms with Crippen LogP contribution in [-0.2, 0) is 13.1 Å². The van der Waals surface area contributed by atoms with Crippen molar-refractivity contribution < 1.29 is 4.79 Å². The van der Waals surface area contributed by atoms with Gasteiger partial charge in [-0.2, -0.15) is 0 Å². The summed E-state index contributed by atoms with van der Waals surface area (Å²) in [4.78, 5) is 14.6. The van der Waals surface area contributed by atoms with Crippen molar-refractivity contribution in [1.29, 1.82) is 0 Å². The number of nitrogen functional groups attached to an aromatic ring is 1. The van der Waals surface area contributed by atoms with E-state index < -0.39 is 0 Å². The average Bonchev–Trinajstić information content (AvgIpc) is 2.54. The lowest BCUT2D eigenvalue weighted by atomic mass is 10.1. The topological polar surface area (TPSA) is 58.4 Å². The van der Waals surface area contributed by atoms with Crippen LogP contribution in [0.4, 0.5) is 5.69 Å². The molecule has 0 unspecified atom stereocenters. The molecule has 2 rings (SSSR count). The number of para-hydroxylation sites is 1. The van der Waals surface area contributed by atoms with E-state index in [-0.39, 0.29) is 30.7 Å². The molecule has 0 radical (unpaired) electrons. The first kappa shape index (κ1) is 23.2. The third-order valence-electron chi connectivity index (χ3n) is 4.06. The zero-order valence-electron chi connectivity index (χ0n) is 14.9. The Balaban J connectivity index is 0.00000288. The highest BCUT2D eigenvalue weighted by Crippen LogP contribution is 2.14. The zero-order chi connectivity index (χ0) is 16.8. The number of nitrogens with two attached hydrogens (primary N) is 1. The number of amides is 1. The summed E-state index contributed by atoms with van der Waals surface area (Å²) in [6.45, 7) is 5.69. The van der Waals surface area contributed by atoms with Crippen LogP contribution in [0, 0.1) is 0 Å². The van der Waals surface area contributed by atoms with Gasteiger partial charge in [-0.15, -0.1) is 24.8 Å². The number of rotatable bonds is 6. The molecule has 0 bridgehead atoms. The fourth-order valence-corrected chi connectivity index (χ4v) is 2.31. The molecule has 0 spiro atoms. The Hall–Kier alpha value is -1.75. The van der Waals surface area contributed by atoms with Crippen LogP contribution < -0.4 is 11.1 Å². The monoisotopic (exact) mass is 383 g/mol. The van der Waals surface area contributed by atoms with Crippen LogP contribution in [0.1, 0.15) is 35.3 Å². The minimum Gasteiger partial charge on any atom is -0.398 e. The van der Waals surface area contributed by atoms with Gasteiger partial charge < -0.3 is 11.1 Å². The summed E-state index contributed by atoms with van der Waals surface area (Å²) in [5.41, 5.74) is 9.22. The van der Waals surface area contributed by atoms with E-state index in [9.17, 15) is 4.79 Å². The van der Waals surface area contributed by atoms with E-state index in [1.807, 2.05) is 24.3 Å². The number of hydrogen-bond donors (Lipinski definition) is 2. The van der Waals surface area contributed by atoms with Crippen molar-refractivity contribution in [1.82, 2.24) is 10.2 Å². The number of carbonyl (C=O) groups is 1. The van der Waals surface area contributed by atoms with Crippen LogP contribution >= 0.6 is 24.8 Å². The SMILES string of the molecule is CC(C)N(C)Cc1ccccc1CNC(=O)c1ccccc1N.Cl.Cl. The molecule has 0 fully saturated rings. The fourth-order valence-electron chi connectivity index (χ4n) is 2.31. The van der Waals surface area contributed by atoms with Gasteiger partial charge in [0.2, 0.25) is 0 Å². The first-order chi connectivity index (χ1) is 11.0. The summed E-state index contributed by atoms with van der Waals surface area (Å²) in [5.74, 6) is -0.143. The highest BCUT2D eigenvalue weighted by atomic mass is 35.5. The van der Waals surface area contributed by atoms with Crippen LogP contribution in [0.2, 0.25) is 0 Å². The molecule has 0 saturated heterocycles. The number of halogens is 2. The second-order valence-corrected chi connectivity index (χ2v) is 6.05.